The minimum absolute atomic E-state index is 0.0340. The van der Waals surface area contributed by atoms with Gasteiger partial charge in [0.05, 0.1) is 7.11 Å². The van der Waals surface area contributed by atoms with Crippen LogP contribution >= 0.6 is 0 Å². The lowest BCUT2D eigenvalue weighted by atomic mass is 9.91. The molecule has 10 heteroatoms. The van der Waals surface area contributed by atoms with Gasteiger partial charge in [0, 0.05) is 6.92 Å². The van der Waals surface area contributed by atoms with Crippen LogP contribution in [0, 0.1) is 11.8 Å². The molecule has 0 aromatic rings. The van der Waals surface area contributed by atoms with Crippen molar-refractivity contribution in [1.82, 2.24) is 16.0 Å². The van der Waals surface area contributed by atoms with E-state index in [1.165, 1.54) is 14.0 Å². The summed E-state index contributed by atoms with van der Waals surface area (Å²) in [6, 6.07) is -1.99. The fraction of sp³-hybridized carbons (Fsp3) is 0.792. The maximum Gasteiger partial charge on any atom is 0.342 e. The first-order valence-corrected chi connectivity index (χ1v) is 11.7. The Morgan fingerprint density at radius 1 is 0.853 bits per heavy atom. The van der Waals surface area contributed by atoms with E-state index in [4.69, 9.17) is 9.47 Å². The Hall–Kier alpha value is -2.65. The summed E-state index contributed by atoms with van der Waals surface area (Å²) in [5, 5.41) is 7.67. The number of nitrogens with one attached hydrogen (secondary N) is 3. The monoisotopic (exact) mass is 485 g/mol. The number of ether oxygens (including phenoxy) is 2. The van der Waals surface area contributed by atoms with E-state index in [1.54, 1.807) is 27.7 Å². The SMILES string of the molecule is CCC(NC(=O)[C@H](CC(C)C)NC(C)=O)(C(=O)N[C@@H](CC(C)C)C(=O)OC)C(=O)OC(C)(C)C. The summed E-state index contributed by atoms with van der Waals surface area (Å²) in [4.78, 5) is 64.0. The van der Waals surface area contributed by atoms with Crippen molar-refractivity contribution in [2.24, 2.45) is 11.8 Å². The van der Waals surface area contributed by atoms with Gasteiger partial charge in [-0.2, -0.15) is 0 Å². The van der Waals surface area contributed by atoms with E-state index >= 15 is 0 Å². The van der Waals surface area contributed by atoms with Crippen LogP contribution in [0.25, 0.3) is 0 Å². The second-order valence-corrected chi connectivity index (χ2v) is 10.3. The lowest BCUT2D eigenvalue weighted by molar-refractivity contribution is -0.169. The van der Waals surface area contributed by atoms with Gasteiger partial charge in [0.25, 0.3) is 5.91 Å². The molecule has 0 aliphatic heterocycles. The molecule has 0 radical (unpaired) electrons. The zero-order valence-electron chi connectivity index (χ0n) is 22.3. The molecule has 34 heavy (non-hydrogen) atoms. The average molecular weight is 486 g/mol. The second-order valence-electron chi connectivity index (χ2n) is 10.3. The maximum absolute atomic E-state index is 13.5. The largest absolute Gasteiger partial charge is 0.467 e. The van der Waals surface area contributed by atoms with Crippen LogP contribution in [0.1, 0.15) is 81.6 Å². The molecule has 1 unspecified atom stereocenters. The molecule has 0 saturated heterocycles. The van der Waals surface area contributed by atoms with Gasteiger partial charge in [-0.15, -0.1) is 0 Å². The molecule has 0 fully saturated rings. The normalized spacial score (nSPS) is 15.1. The van der Waals surface area contributed by atoms with Crippen molar-refractivity contribution in [3.8, 4) is 0 Å². The highest BCUT2D eigenvalue weighted by atomic mass is 16.6. The molecule has 0 aromatic heterocycles. The molecule has 3 amide bonds. The smallest absolute Gasteiger partial charge is 0.342 e. The summed E-state index contributed by atoms with van der Waals surface area (Å²) >= 11 is 0. The third kappa shape index (κ3) is 10.1. The van der Waals surface area contributed by atoms with Gasteiger partial charge >= 0.3 is 11.9 Å². The Morgan fingerprint density at radius 3 is 1.74 bits per heavy atom. The van der Waals surface area contributed by atoms with Crippen LogP contribution in [-0.4, -0.2) is 60.0 Å². The average Bonchev–Trinajstić information content (AvgIpc) is 2.67. The van der Waals surface area contributed by atoms with Crippen LogP contribution in [0.3, 0.4) is 0 Å². The number of amides is 3. The highest BCUT2D eigenvalue weighted by molar-refractivity contribution is 6.11. The van der Waals surface area contributed by atoms with E-state index in [0.717, 1.165) is 0 Å². The van der Waals surface area contributed by atoms with Crippen LogP contribution in [-0.2, 0) is 33.4 Å². The Labute approximate surface area is 203 Å². The summed E-state index contributed by atoms with van der Waals surface area (Å²) in [5.74, 6) is -3.57. The molecule has 0 aromatic carbocycles. The number of carbonyl (C=O) groups excluding carboxylic acids is 5. The van der Waals surface area contributed by atoms with Gasteiger partial charge in [-0.05, 0) is 51.9 Å². The van der Waals surface area contributed by atoms with Gasteiger partial charge in [-0.1, -0.05) is 34.6 Å². The Balaban J connectivity index is 6.32. The fourth-order valence-corrected chi connectivity index (χ4v) is 3.31. The molecule has 0 bridgehead atoms. The fourth-order valence-electron chi connectivity index (χ4n) is 3.31. The van der Waals surface area contributed by atoms with Crippen LogP contribution < -0.4 is 16.0 Å². The lowest BCUT2D eigenvalue weighted by Gasteiger charge is -2.35. The van der Waals surface area contributed by atoms with Gasteiger partial charge in [-0.25, -0.2) is 9.59 Å². The zero-order valence-corrected chi connectivity index (χ0v) is 22.3. The number of hydrogen-bond donors (Lipinski definition) is 3. The van der Waals surface area contributed by atoms with Crippen molar-refractivity contribution in [2.75, 3.05) is 7.11 Å². The first kappa shape index (κ1) is 31.4. The van der Waals surface area contributed by atoms with Crippen LogP contribution in [0.5, 0.6) is 0 Å². The molecule has 10 nitrogen and oxygen atoms in total. The Morgan fingerprint density at radius 2 is 1.35 bits per heavy atom. The number of esters is 2. The zero-order chi connectivity index (χ0) is 26.9. The molecule has 196 valence electrons. The molecular weight excluding hydrogens is 442 g/mol. The van der Waals surface area contributed by atoms with Gasteiger partial charge in [0.1, 0.15) is 17.7 Å². The van der Waals surface area contributed by atoms with Crippen LogP contribution in [0.4, 0.5) is 0 Å². The van der Waals surface area contributed by atoms with E-state index < -0.39 is 52.9 Å². The van der Waals surface area contributed by atoms with Crippen molar-refractivity contribution in [3.63, 3.8) is 0 Å². The molecule has 0 aliphatic carbocycles. The number of rotatable bonds is 12. The molecule has 3 N–H and O–H groups in total. The summed E-state index contributed by atoms with van der Waals surface area (Å²) in [5.41, 5.74) is -3.07. The second kappa shape index (κ2) is 13.3. The molecular formula is C24H43N3O7. The van der Waals surface area contributed by atoms with Gasteiger partial charge in [-0.3, -0.25) is 14.4 Å². The van der Waals surface area contributed by atoms with E-state index in [9.17, 15) is 24.0 Å². The van der Waals surface area contributed by atoms with Crippen molar-refractivity contribution >= 4 is 29.7 Å². The molecule has 0 heterocycles. The number of methoxy groups -OCH3 is 1. The summed E-state index contributed by atoms with van der Waals surface area (Å²) in [7, 11) is 1.20. The molecule has 3 atom stereocenters. The highest BCUT2D eigenvalue weighted by Gasteiger charge is 2.50. The van der Waals surface area contributed by atoms with Crippen molar-refractivity contribution < 1.29 is 33.4 Å². The minimum Gasteiger partial charge on any atom is -0.467 e. The third-order valence-electron chi connectivity index (χ3n) is 4.90. The standard InChI is InChI=1S/C24H43N3O7/c1-11-24(22(32)34-23(7,8)9,21(31)26-18(13-15(4)5)20(30)33-10)27-19(29)17(12-14(2)3)25-16(6)28/h14-15,17-18H,11-13H2,1-10H3,(H,25,28)(H,26,31)(H,27,29)/t17-,18-,24?/m0/s1. The molecule has 0 spiro atoms. The van der Waals surface area contributed by atoms with E-state index in [0.29, 0.717) is 6.42 Å². The molecule has 0 saturated carbocycles. The predicted molar refractivity (Wildman–Crippen MR) is 127 cm³/mol. The van der Waals surface area contributed by atoms with Crippen molar-refractivity contribution in [3.05, 3.63) is 0 Å². The topological polar surface area (TPSA) is 140 Å². The molecule has 0 rings (SSSR count). The lowest BCUT2D eigenvalue weighted by Crippen LogP contribution is -2.68. The van der Waals surface area contributed by atoms with Crippen molar-refractivity contribution in [2.45, 2.75) is 105 Å². The van der Waals surface area contributed by atoms with Crippen LogP contribution in [0.2, 0.25) is 0 Å². The van der Waals surface area contributed by atoms with E-state index in [-0.39, 0.29) is 24.7 Å². The first-order valence-electron chi connectivity index (χ1n) is 11.7. The minimum atomic E-state index is -2.12. The Bertz CT molecular complexity index is 743. The third-order valence-corrected chi connectivity index (χ3v) is 4.90. The Kier molecular flexibility index (Phi) is 12.3. The maximum atomic E-state index is 13.5. The molecule has 0 aliphatic rings. The summed E-state index contributed by atoms with van der Waals surface area (Å²) in [6.07, 6.45) is 0.408. The van der Waals surface area contributed by atoms with Crippen molar-refractivity contribution in [1.29, 1.82) is 0 Å². The first-order chi connectivity index (χ1) is 15.5. The number of carbonyl (C=O) groups is 5. The quantitative estimate of drug-likeness (QED) is 0.283. The van der Waals surface area contributed by atoms with Gasteiger partial charge in [0.2, 0.25) is 17.4 Å². The highest BCUT2D eigenvalue weighted by Crippen LogP contribution is 2.21. The van der Waals surface area contributed by atoms with E-state index in [2.05, 4.69) is 16.0 Å². The van der Waals surface area contributed by atoms with Gasteiger partial charge < -0.3 is 25.4 Å². The summed E-state index contributed by atoms with van der Waals surface area (Å²) < 4.78 is 10.3. The van der Waals surface area contributed by atoms with E-state index in [1.807, 2.05) is 27.7 Å². The number of hydrogen-bond acceptors (Lipinski definition) is 7. The van der Waals surface area contributed by atoms with Gasteiger partial charge in [0.15, 0.2) is 0 Å². The predicted octanol–water partition coefficient (Wildman–Crippen LogP) is 1.85. The van der Waals surface area contributed by atoms with Crippen LogP contribution in [0.15, 0.2) is 0 Å². The summed E-state index contributed by atoms with van der Waals surface area (Å²) in [6.45, 7) is 15.2.